The molecule has 3 N–H and O–H groups in total. The van der Waals surface area contributed by atoms with E-state index in [4.69, 9.17) is 25.2 Å². The SMILES string of the molecule is [Cl][Mn][Cl].c1cc2nc(c1)CN[C@@H]1CCCC[C@H]1NCCC[C@@H]1CCCC[C@H]1NC2. The summed E-state index contributed by atoms with van der Waals surface area (Å²) in [5.41, 5.74) is 2.38. The Kier molecular flexibility index (Phi) is 11.1. The Hall–Kier alpha value is 0.129. The number of nitrogens with one attached hydrogen (secondary N) is 3. The molecular formula is C22H36Cl2MnN4. The maximum atomic E-state index is 4.91. The number of aromatic nitrogens is 1. The molecule has 29 heavy (non-hydrogen) atoms. The average Bonchev–Trinajstić information content (AvgIpc) is 2.76. The van der Waals surface area contributed by atoms with Crippen molar-refractivity contribution < 1.29 is 13.1 Å². The minimum atomic E-state index is 0.00694. The molecule has 4 atom stereocenters. The first kappa shape index (κ1) is 23.8. The van der Waals surface area contributed by atoms with Crippen molar-refractivity contribution in [1.29, 1.82) is 0 Å². The van der Waals surface area contributed by atoms with Crippen molar-refractivity contribution in [3.8, 4) is 0 Å². The normalized spacial score (nSPS) is 31.1. The van der Waals surface area contributed by atoms with E-state index >= 15 is 0 Å². The van der Waals surface area contributed by atoms with Crippen molar-refractivity contribution in [2.45, 2.75) is 95.4 Å². The number of hydrogen-bond acceptors (Lipinski definition) is 4. The van der Waals surface area contributed by atoms with E-state index in [9.17, 15) is 0 Å². The van der Waals surface area contributed by atoms with Gasteiger partial charge in [0.15, 0.2) is 0 Å². The molecule has 4 nitrogen and oxygen atoms in total. The van der Waals surface area contributed by atoms with Crippen LogP contribution >= 0.6 is 20.2 Å². The standard InChI is InChI=1S/C22H36N4.2ClH.Mn/c1-2-11-20-17(7-1)8-6-14-23-21-12-3-4-13-22(21)25-16-19-10-5-9-18(26-19)15-24-20;;;/h5,9-10,17,20-25H,1-4,6-8,11-16H2;2*1H;/q;;;+2/p-2/t17-,20+,21+,22+;;;/m0.../s1. The number of pyridine rings is 1. The molecule has 1 aromatic heterocycles. The molecular weight excluding hydrogens is 446 g/mol. The summed E-state index contributed by atoms with van der Waals surface area (Å²) < 4.78 is 0. The summed E-state index contributed by atoms with van der Waals surface area (Å²) in [7, 11) is 9.59. The Labute approximate surface area is 191 Å². The van der Waals surface area contributed by atoms with Gasteiger partial charge in [0.25, 0.3) is 0 Å². The summed E-state index contributed by atoms with van der Waals surface area (Å²) in [6, 6.07) is 8.44. The second-order valence-corrected chi connectivity index (χ2v) is 10.6. The average molecular weight is 482 g/mol. The van der Waals surface area contributed by atoms with Gasteiger partial charge in [0.1, 0.15) is 0 Å². The summed E-state index contributed by atoms with van der Waals surface area (Å²) in [5.74, 6) is 0.846. The monoisotopic (exact) mass is 481 g/mol. The molecule has 2 aliphatic carbocycles. The molecule has 0 unspecified atom stereocenters. The second kappa shape index (κ2) is 13.5. The minimum absolute atomic E-state index is 0.00694. The summed E-state index contributed by atoms with van der Waals surface area (Å²) in [4.78, 5) is 4.91. The quantitative estimate of drug-likeness (QED) is 0.461. The van der Waals surface area contributed by atoms with Gasteiger partial charge in [0.2, 0.25) is 0 Å². The van der Waals surface area contributed by atoms with Crippen LogP contribution in [-0.4, -0.2) is 29.7 Å². The van der Waals surface area contributed by atoms with Gasteiger partial charge in [-0.05, 0) is 63.1 Å². The van der Waals surface area contributed by atoms with E-state index in [1.54, 1.807) is 0 Å². The van der Waals surface area contributed by atoms with Crippen LogP contribution in [0.4, 0.5) is 0 Å². The third kappa shape index (κ3) is 7.96. The fourth-order valence-electron chi connectivity index (χ4n) is 5.29. The molecule has 0 radical (unpaired) electrons. The minimum Gasteiger partial charge on any atom is -0.312 e. The Morgan fingerprint density at radius 1 is 0.724 bits per heavy atom. The summed E-state index contributed by atoms with van der Waals surface area (Å²) in [6.07, 6.45) is 13.6. The van der Waals surface area contributed by atoms with Gasteiger partial charge in [-0.25, -0.2) is 0 Å². The third-order valence-corrected chi connectivity index (χ3v) is 6.79. The predicted molar refractivity (Wildman–Crippen MR) is 119 cm³/mol. The van der Waals surface area contributed by atoms with Gasteiger partial charge in [-0.3, -0.25) is 4.98 Å². The Balaban J connectivity index is 0.000000755. The Morgan fingerprint density at radius 2 is 1.24 bits per heavy atom. The molecule has 165 valence electrons. The van der Waals surface area contributed by atoms with Crippen molar-refractivity contribution in [3.05, 3.63) is 29.6 Å². The fourth-order valence-corrected chi connectivity index (χ4v) is 5.29. The van der Waals surface area contributed by atoms with Gasteiger partial charge in [-0.1, -0.05) is 31.7 Å². The van der Waals surface area contributed by atoms with Crippen molar-refractivity contribution in [2.75, 3.05) is 6.54 Å². The molecule has 0 amide bonds. The maximum absolute atomic E-state index is 4.91. The van der Waals surface area contributed by atoms with E-state index in [1.165, 1.54) is 82.1 Å². The summed E-state index contributed by atoms with van der Waals surface area (Å²) in [6.45, 7) is 2.99. The smallest absolute Gasteiger partial charge is 0.0545 e. The maximum Gasteiger partial charge on any atom is 0.0545 e. The molecule has 0 saturated heterocycles. The zero-order chi connectivity index (χ0) is 20.3. The molecule has 7 heteroatoms. The molecule has 0 spiro atoms. The third-order valence-electron chi connectivity index (χ3n) is 6.79. The first-order chi connectivity index (χ1) is 14.3. The van der Waals surface area contributed by atoms with E-state index < -0.39 is 0 Å². The van der Waals surface area contributed by atoms with E-state index in [0.29, 0.717) is 18.1 Å². The number of hydrogen-bond donors (Lipinski definition) is 3. The van der Waals surface area contributed by atoms with Crippen LogP contribution in [0.5, 0.6) is 0 Å². The molecule has 2 saturated carbocycles. The van der Waals surface area contributed by atoms with Gasteiger partial charge in [-0.2, -0.15) is 0 Å². The van der Waals surface area contributed by atoms with E-state index in [2.05, 4.69) is 34.1 Å². The first-order valence-corrected chi connectivity index (χ1v) is 14.6. The van der Waals surface area contributed by atoms with Crippen molar-refractivity contribution in [1.82, 2.24) is 20.9 Å². The largest absolute Gasteiger partial charge is 0.312 e. The zero-order valence-electron chi connectivity index (χ0n) is 17.3. The topological polar surface area (TPSA) is 49.0 Å². The number of rotatable bonds is 0. The molecule has 3 aliphatic rings. The van der Waals surface area contributed by atoms with Gasteiger partial charge < -0.3 is 16.0 Å². The van der Waals surface area contributed by atoms with Crippen LogP contribution in [0.1, 0.15) is 75.6 Å². The van der Waals surface area contributed by atoms with E-state index in [-0.39, 0.29) is 13.1 Å². The fraction of sp³-hybridized carbons (Fsp3) is 0.773. The van der Waals surface area contributed by atoms with Crippen LogP contribution in [0.3, 0.4) is 0 Å². The van der Waals surface area contributed by atoms with Crippen LogP contribution in [0.25, 0.3) is 0 Å². The van der Waals surface area contributed by atoms with Gasteiger partial charge in [0, 0.05) is 31.2 Å². The first-order valence-electron chi connectivity index (χ1n) is 11.3. The molecule has 2 fully saturated rings. The van der Waals surface area contributed by atoms with Crippen LogP contribution in [0, 0.1) is 5.92 Å². The van der Waals surface area contributed by atoms with Gasteiger partial charge >= 0.3 is 33.3 Å². The van der Waals surface area contributed by atoms with E-state index in [1.807, 2.05) is 0 Å². The van der Waals surface area contributed by atoms with Crippen LogP contribution in [-0.2, 0) is 26.2 Å². The van der Waals surface area contributed by atoms with Crippen LogP contribution < -0.4 is 16.0 Å². The van der Waals surface area contributed by atoms with Crippen LogP contribution in [0.15, 0.2) is 18.2 Å². The molecule has 1 aliphatic heterocycles. The van der Waals surface area contributed by atoms with Crippen LogP contribution in [0.2, 0.25) is 0 Å². The number of halogens is 2. The summed E-state index contributed by atoms with van der Waals surface area (Å²) in [5, 5.41) is 11.5. The second-order valence-electron chi connectivity index (χ2n) is 8.68. The predicted octanol–water partition coefficient (Wildman–Crippen LogP) is 4.89. The molecule has 1 aromatic rings. The number of fused-ring (bicyclic) bond motifs is 4. The zero-order valence-corrected chi connectivity index (χ0v) is 20.0. The Bertz CT molecular complexity index is 546. The van der Waals surface area contributed by atoms with Crippen molar-refractivity contribution in [3.63, 3.8) is 0 Å². The summed E-state index contributed by atoms with van der Waals surface area (Å²) >= 11 is 0.00694. The van der Waals surface area contributed by atoms with Crippen molar-refractivity contribution >= 4 is 20.2 Å². The molecule has 4 rings (SSSR count). The molecule has 2 heterocycles. The van der Waals surface area contributed by atoms with Gasteiger partial charge in [0.05, 0.1) is 11.4 Å². The molecule has 2 bridgehead atoms. The number of nitrogens with zero attached hydrogens (tertiary/aromatic N) is 1. The van der Waals surface area contributed by atoms with Gasteiger partial charge in [-0.15, -0.1) is 0 Å². The Morgan fingerprint density at radius 3 is 1.93 bits per heavy atom. The van der Waals surface area contributed by atoms with E-state index in [0.717, 1.165) is 19.0 Å². The molecule has 0 aromatic carbocycles. The van der Waals surface area contributed by atoms with Crippen molar-refractivity contribution in [2.24, 2.45) is 5.92 Å².